The lowest BCUT2D eigenvalue weighted by Crippen LogP contribution is -2.39. The van der Waals surface area contributed by atoms with E-state index in [9.17, 15) is 0 Å². The zero-order chi connectivity index (χ0) is 21.4. The van der Waals surface area contributed by atoms with E-state index in [4.69, 9.17) is 9.73 Å². The number of aromatic nitrogens is 5. The summed E-state index contributed by atoms with van der Waals surface area (Å²) in [5.41, 5.74) is 2.34. The third-order valence-electron chi connectivity index (χ3n) is 4.76. The smallest absolute Gasteiger partial charge is 0.194 e. The van der Waals surface area contributed by atoms with Gasteiger partial charge in [-0.05, 0) is 26.2 Å². The minimum absolute atomic E-state index is 0.376. The summed E-state index contributed by atoms with van der Waals surface area (Å²) in [5, 5.41) is 16.4. The Kier molecular flexibility index (Phi) is 8.63. The third-order valence-corrected chi connectivity index (χ3v) is 4.76. The molecule has 2 rings (SSSR count). The van der Waals surface area contributed by atoms with Crippen LogP contribution in [0.1, 0.15) is 56.0 Å². The highest BCUT2D eigenvalue weighted by atomic mass is 16.5. The highest BCUT2D eigenvalue weighted by molar-refractivity contribution is 5.79. The summed E-state index contributed by atoms with van der Waals surface area (Å²) in [7, 11) is 5.98. The van der Waals surface area contributed by atoms with Crippen molar-refractivity contribution in [1.82, 2.24) is 34.8 Å². The number of hydrogen-bond acceptors (Lipinski definition) is 5. The second-order valence-electron chi connectivity index (χ2n) is 7.56. The zero-order valence-corrected chi connectivity index (χ0v) is 18.9. The number of nitrogens with one attached hydrogen (secondary N) is 1. The van der Waals surface area contributed by atoms with Crippen molar-refractivity contribution in [3.05, 3.63) is 29.1 Å². The fourth-order valence-corrected chi connectivity index (χ4v) is 3.06. The van der Waals surface area contributed by atoms with Crippen LogP contribution in [0.4, 0.5) is 0 Å². The van der Waals surface area contributed by atoms with Crippen LogP contribution >= 0.6 is 0 Å². The van der Waals surface area contributed by atoms with Crippen molar-refractivity contribution < 1.29 is 4.74 Å². The Hall–Kier alpha value is -2.42. The summed E-state index contributed by atoms with van der Waals surface area (Å²) < 4.78 is 9.29. The average Bonchev–Trinajstić information content (AvgIpc) is 3.20. The molecule has 0 saturated heterocycles. The van der Waals surface area contributed by atoms with E-state index >= 15 is 0 Å². The summed E-state index contributed by atoms with van der Waals surface area (Å²) in [5.74, 6) is 2.93. The third kappa shape index (κ3) is 6.56. The normalized spacial score (nSPS) is 12.1. The van der Waals surface area contributed by atoms with Crippen molar-refractivity contribution in [3.8, 4) is 0 Å². The van der Waals surface area contributed by atoms with E-state index in [1.165, 1.54) is 5.56 Å². The van der Waals surface area contributed by atoms with Crippen LogP contribution in [0.15, 0.2) is 11.2 Å². The molecule has 0 aromatic carbocycles. The van der Waals surface area contributed by atoms with E-state index in [0.717, 1.165) is 56.0 Å². The van der Waals surface area contributed by atoms with Crippen LogP contribution in [0.5, 0.6) is 0 Å². The van der Waals surface area contributed by atoms with E-state index in [1.807, 2.05) is 44.2 Å². The minimum atomic E-state index is 0.376. The highest BCUT2D eigenvalue weighted by Crippen LogP contribution is 2.18. The summed E-state index contributed by atoms with van der Waals surface area (Å²) in [6.07, 6.45) is 3.01. The molecule has 29 heavy (non-hydrogen) atoms. The van der Waals surface area contributed by atoms with Crippen LogP contribution in [0.3, 0.4) is 0 Å². The molecule has 0 saturated carbocycles. The number of hydrogen-bond donors (Lipinski definition) is 1. The standard InChI is InChI=1S/C20H36N8O/c1-8-29-11-9-10-21-20(22-12-18-24-23-16(4)28(18)7)26(5)13-17-14-27(6)25-19(17)15(2)3/h14-15H,8-13H2,1-7H3,(H,21,22). The van der Waals surface area contributed by atoms with E-state index < -0.39 is 0 Å². The van der Waals surface area contributed by atoms with E-state index in [-0.39, 0.29) is 0 Å². The molecule has 0 amide bonds. The fourth-order valence-electron chi connectivity index (χ4n) is 3.06. The SMILES string of the molecule is CCOCCCNC(=NCc1nnc(C)n1C)N(C)Cc1cn(C)nc1C(C)C. The number of guanidine groups is 1. The number of aliphatic imine (C=N–C) groups is 1. The number of aryl methyl sites for hydroxylation is 2. The van der Waals surface area contributed by atoms with Gasteiger partial charge in [0.25, 0.3) is 0 Å². The van der Waals surface area contributed by atoms with Gasteiger partial charge in [-0.2, -0.15) is 5.10 Å². The van der Waals surface area contributed by atoms with Gasteiger partial charge in [-0.15, -0.1) is 10.2 Å². The Bertz CT molecular complexity index is 793. The lowest BCUT2D eigenvalue weighted by atomic mass is 10.1. The fraction of sp³-hybridized carbons (Fsp3) is 0.700. The van der Waals surface area contributed by atoms with Gasteiger partial charge in [-0.25, -0.2) is 4.99 Å². The van der Waals surface area contributed by atoms with Gasteiger partial charge in [0, 0.05) is 59.2 Å². The van der Waals surface area contributed by atoms with Gasteiger partial charge >= 0.3 is 0 Å². The molecule has 9 heteroatoms. The molecule has 0 aliphatic rings. The molecule has 0 fully saturated rings. The van der Waals surface area contributed by atoms with Crippen molar-refractivity contribution in [2.75, 3.05) is 26.8 Å². The largest absolute Gasteiger partial charge is 0.382 e. The monoisotopic (exact) mass is 404 g/mol. The molecule has 0 aliphatic heterocycles. The van der Waals surface area contributed by atoms with Gasteiger partial charge in [0.15, 0.2) is 11.8 Å². The lowest BCUT2D eigenvalue weighted by molar-refractivity contribution is 0.145. The van der Waals surface area contributed by atoms with Crippen molar-refractivity contribution in [1.29, 1.82) is 0 Å². The molecule has 9 nitrogen and oxygen atoms in total. The Labute approximate surface area is 174 Å². The molecule has 2 aromatic heterocycles. The molecule has 0 spiro atoms. The predicted octanol–water partition coefficient (Wildman–Crippen LogP) is 1.98. The lowest BCUT2D eigenvalue weighted by Gasteiger charge is -2.23. The van der Waals surface area contributed by atoms with Gasteiger partial charge in [0.1, 0.15) is 12.4 Å². The maximum atomic E-state index is 5.44. The Balaban J connectivity index is 2.12. The summed E-state index contributed by atoms with van der Waals surface area (Å²) in [6, 6.07) is 0. The first-order valence-electron chi connectivity index (χ1n) is 10.3. The first kappa shape index (κ1) is 22.9. The number of nitrogens with zero attached hydrogens (tertiary/aromatic N) is 7. The van der Waals surface area contributed by atoms with Crippen LogP contribution in [0.25, 0.3) is 0 Å². The van der Waals surface area contributed by atoms with E-state index in [0.29, 0.717) is 12.5 Å². The molecule has 0 unspecified atom stereocenters. The Morgan fingerprint density at radius 3 is 2.69 bits per heavy atom. The highest BCUT2D eigenvalue weighted by Gasteiger charge is 2.15. The molecule has 2 aromatic rings. The maximum Gasteiger partial charge on any atom is 0.194 e. The molecule has 0 aliphatic carbocycles. The zero-order valence-electron chi connectivity index (χ0n) is 18.9. The molecular formula is C20H36N8O. The average molecular weight is 405 g/mol. The molecule has 0 bridgehead atoms. The van der Waals surface area contributed by atoms with Gasteiger partial charge in [-0.1, -0.05) is 13.8 Å². The summed E-state index contributed by atoms with van der Waals surface area (Å²) in [6.45, 7) is 11.8. The molecule has 162 valence electrons. The summed E-state index contributed by atoms with van der Waals surface area (Å²) >= 11 is 0. The van der Waals surface area contributed by atoms with E-state index in [2.05, 4.69) is 45.6 Å². The van der Waals surface area contributed by atoms with Crippen molar-refractivity contribution in [2.45, 2.75) is 53.1 Å². The van der Waals surface area contributed by atoms with Crippen molar-refractivity contribution in [2.24, 2.45) is 19.1 Å². The van der Waals surface area contributed by atoms with E-state index in [1.54, 1.807) is 0 Å². The van der Waals surface area contributed by atoms with Crippen molar-refractivity contribution in [3.63, 3.8) is 0 Å². The molecular weight excluding hydrogens is 368 g/mol. The minimum Gasteiger partial charge on any atom is -0.382 e. The van der Waals surface area contributed by atoms with Gasteiger partial charge < -0.3 is 19.5 Å². The van der Waals surface area contributed by atoms with Crippen LogP contribution in [0, 0.1) is 6.92 Å². The second kappa shape index (κ2) is 10.9. The first-order valence-corrected chi connectivity index (χ1v) is 10.3. The molecule has 1 N–H and O–H groups in total. The number of rotatable bonds is 10. The molecule has 2 heterocycles. The van der Waals surface area contributed by atoms with Crippen LogP contribution in [0.2, 0.25) is 0 Å². The molecule has 0 radical (unpaired) electrons. The van der Waals surface area contributed by atoms with Gasteiger partial charge in [0.05, 0.1) is 5.69 Å². The second-order valence-corrected chi connectivity index (χ2v) is 7.56. The quantitative estimate of drug-likeness (QED) is 0.370. The van der Waals surface area contributed by atoms with Gasteiger partial charge in [-0.3, -0.25) is 4.68 Å². The number of ether oxygens (including phenoxy) is 1. The van der Waals surface area contributed by atoms with Crippen molar-refractivity contribution >= 4 is 5.96 Å². The molecule has 0 atom stereocenters. The topological polar surface area (TPSA) is 85.4 Å². The van der Waals surface area contributed by atoms with Gasteiger partial charge in [0.2, 0.25) is 0 Å². The first-order chi connectivity index (χ1) is 13.8. The van der Waals surface area contributed by atoms with Crippen LogP contribution in [-0.4, -0.2) is 62.2 Å². The Morgan fingerprint density at radius 2 is 2.07 bits per heavy atom. The predicted molar refractivity (Wildman–Crippen MR) is 115 cm³/mol. The maximum absolute atomic E-state index is 5.44. The summed E-state index contributed by atoms with van der Waals surface area (Å²) in [4.78, 5) is 6.94. The van der Waals surface area contributed by atoms with Crippen LogP contribution in [-0.2, 0) is 31.9 Å². The Morgan fingerprint density at radius 1 is 1.31 bits per heavy atom. The van der Waals surface area contributed by atoms with Crippen LogP contribution < -0.4 is 5.32 Å².